The van der Waals surface area contributed by atoms with E-state index in [4.69, 9.17) is 26.5 Å². The minimum absolute atomic E-state index is 0.159. The highest BCUT2D eigenvalue weighted by atomic mass is 35.5. The Labute approximate surface area is 113 Å². The topological polar surface area (TPSA) is 99.2 Å². The maximum absolute atomic E-state index is 10.6. The molecule has 7 heteroatoms. The van der Waals surface area contributed by atoms with Crippen LogP contribution in [0, 0.1) is 11.3 Å². The minimum Gasteiger partial charge on any atom is -0.476 e. The molecule has 0 aliphatic carbocycles. The zero-order valence-electron chi connectivity index (χ0n) is 9.55. The van der Waals surface area contributed by atoms with E-state index < -0.39 is 5.97 Å². The second-order valence-corrected chi connectivity index (χ2v) is 4.05. The minimum atomic E-state index is -1.15. The standard InChI is InChI=1S/C12H8ClN3O3/c13-9-2-1-7(5-14)3-10(9)15-6-8-4-11(12(17)18)16-19-8/h1-4,15H,6H2,(H,17,18). The van der Waals surface area contributed by atoms with E-state index in [-0.39, 0.29) is 12.2 Å². The number of hydrogen-bond acceptors (Lipinski definition) is 5. The van der Waals surface area contributed by atoms with Crippen LogP contribution in [-0.4, -0.2) is 16.2 Å². The normalized spacial score (nSPS) is 9.89. The Balaban J connectivity index is 2.09. The molecule has 2 rings (SSSR count). The molecule has 1 heterocycles. The van der Waals surface area contributed by atoms with Gasteiger partial charge in [0.2, 0.25) is 0 Å². The van der Waals surface area contributed by atoms with Crippen LogP contribution in [0.25, 0.3) is 0 Å². The van der Waals surface area contributed by atoms with Crippen molar-refractivity contribution in [2.24, 2.45) is 0 Å². The average molecular weight is 278 g/mol. The number of carboxylic acids is 1. The zero-order valence-corrected chi connectivity index (χ0v) is 10.3. The fourth-order valence-corrected chi connectivity index (χ4v) is 1.59. The van der Waals surface area contributed by atoms with Crippen LogP contribution in [0.5, 0.6) is 0 Å². The van der Waals surface area contributed by atoms with Crippen LogP contribution >= 0.6 is 11.6 Å². The van der Waals surface area contributed by atoms with E-state index in [2.05, 4.69) is 10.5 Å². The van der Waals surface area contributed by atoms with Gasteiger partial charge in [-0.05, 0) is 18.2 Å². The number of aromatic nitrogens is 1. The molecular weight excluding hydrogens is 270 g/mol. The lowest BCUT2D eigenvalue weighted by Crippen LogP contribution is -1.99. The van der Waals surface area contributed by atoms with Gasteiger partial charge in [0.1, 0.15) is 0 Å². The highest BCUT2D eigenvalue weighted by molar-refractivity contribution is 6.33. The van der Waals surface area contributed by atoms with Crippen LogP contribution in [0.1, 0.15) is 21.8 Å². The number of benzene rings is 1. The predicted octanol–water partition coefficient (Wildman–Crippen LogP) is 2.51. The van der Waals surface area contributed by atoms with Gasteiger partial charge in [0.25, 0.3) is 0 Å². The third kappa shape index (κ3) is 3.03. The Morgan fingerprint density at radius 3 is 2.95 bits per heavy atom. The number of hydrogen-bond donors (Lipinski definition) is 2. The van der Waals surface area contributed by atoms with Crippen LogP contribution in [0.3, 0.4) is 0 Å². The van der Waals surface area contributed by atoms with Gasteiger partial charge in [-0.1, -0.05) is 16.8 Å². The van der Waals surface area contributed by atoms with Crippen molar-refractivity contribution >= 4 is 23.3 Å². The molecular formula is C12H8ClN3O3. The van der Waals surface area contributed by atoms with Gasteiger partial charge in [-0.25, -0.2) is 4.79 Å². The van der Waals surface area contributed by atoms with Crippen molar-refractivity contribution in [2.75, 3.05) is 5.32 Å². The summed E-state index contributed by atoms with van der Waals surface area (Å²) in [6, 6.07) is 8.11. The number of aromatic carboxylic acids is 1. The van der Waals surface area contributed by atoms with E-state index in [0.717, 1.165) is 0 Å². The summed E-state index contributed by atoms with van der Waals surface area (Å²) in [5.74, 6) is -0.796. The van der Waals surface area contributed by atoms with Crippen molar-refractivity contribution in [1.29, 1.82) is 5.26 Å². The van der Waals surface area contributed by atoms with Gasteiger partial charge < -0.3 is 14.9 Å². The van der Waals surface area contributed by atoms with Gasteiger partial charge in [0.05, 0.1) is 28.9 Å². The molecule has 2 aromatic rings. The van der Waals surface area contributed by atoms with Crippen molar-refractivity contribution in [3.05, 3.63) is 46.3 Å². The molecule has 96 valence electrons. The molecule has 0 saturated carbocycles. The Morgan fingerprint density at radius 2 is 2.32 bits per heavy atom. The van der Waals surface area contributed by atoms with E-state index in [0.29, 0.717) is 22.0 Å². The molecule has 0 saturated heterocycles. The summed E-state index contributed by atoms with van der Waals surface area (Å²) in [7, 11) is 0. The lowest BCUT2D eigenvalue weighted by Gasteiger charge is -2.06. The Bertz CT molecular complexity index is 660. The Hall–Kier alpha value is -2.52. The number of nitriles is 1. The number of nitrogens with one attached hydrogen (secondary N) is 1. The van der Waals surface area contributed by atoms with E-state index in [1.54, 1.807) is 18.2 Å². The van der Waals surface area contributed by atoms with Crippen molar-refractivity contribution < 1.29 is 14.4 Å². The molecule has 0 aliphatic heterocycles. The highest BCUT2D eigenvalue weighted by Gasteiger charge is 2.11. The summed E-state index contributed by atoms with van der Waals surface area (Å²) >= 11 is 5.96. The van der Waals surface area contributed by atoms with Crippen LogP contribution < -0.4 is 5.32 Å². The monoisotopic (exact) mass is 277 g/mol. The molecule has 0 aliphatic rings. The van der Waals surface area contributed by atoms with Crippen molar-refractivity contribution in [3.63, 3.8) is 0 Å². The van der Waals surface area contributed by atoms with Crippen LogP contribution in [0.15, 0.2) is 28.8 Å². The summed E-state index contributed by atoms with van der Waals surface area (Å²) in [5.41, 5.74) is 0.873. The third-order valence-corrected chi connectivity index (χ3v) is 2.66. The van der Waals surface area contributed by atoms with E-state index >= 15 is 0 Å². The van der Waals surface area contributed by atoms with Crippen LogP contribution in [0.2, 0.25) is 5.02 Å². The molecule has 1 aromatic carbocycles. The molecule has 0 fully saturated rings. The summed E-state index contributed by atoms with van der Waals surface area (Å²) in [5, 5.41) is 24.3. The predicted molar refractivity (Wildman–Crippen MR) is 67.0 cm³/mol. The van der Waals surface area contributed by atoms with Gasteiger partial charge in [-0.3, -0.25) is 0 Å². The third-order valence-electron chi connectivity index (χ3n) is 2.33. The van der Waals surface area contributed by atoms with Gasteiger partial charge in [0, 0.05) is 6.07 Å². The van der Waals surface area contributed by atoms with Crippen LogP contribution in [-0.2, 0) is 6.54 Å². The fourth-order valence-electron chi connectivity index (χ4n) is 1.41. The first kappa shape index (κ1) is 12.9. The number of rotatable bonds is 4. The Morgan fingerprint density at radius 1 is 1.53 bits per heavy atom. The summed E-state index contributed by atoms with van der Waals surface area (Å²) < 4.78 is 4.84. The van der Waals surface area contributed by atoms with Gasteiger partial charge in [-0.2, -0.15) is 5.26 Å². The number of carbonyl (C=O) groups is 1. The first-order valence-corrected chi connectivity index (χ1v) is 5.60. The maximum atomic E-state index is 10.6. The van der Waals surface area contributed by atoms with Crippen molar-refractivity contribution in [2.45, 2.75) is 6.54 Å². The molecule has 0 unspecified atom stereocenters. The molecule has 0 amide bonds. The number of nitrogens with zero attached hydrogens (tertiary/aromatic N) is 2. The molecule has 2 N–H and O–H groups in total. The first-order valence-electron chi connectivity index (χ1n) is 5.22. The first-order chi connectivity index (χ1) is 9.10. The molecule has 0 spiro atoms. The Kier molecular flexibility index (Phi) is 3.68. The largest absolute Gasteiger partial charge is 0.476 e. The van der Waals surface area contributed by atoms with Gasteiger partial charge in [-0.15, -0.1) is 0 Å². The molecule has 6 nitrogen and oxygen atoms in total. The number of carboxylic acid groups (broad SMARTS) is 1. The lowest BCUT2D eigenvalue weighted by atomic mass is 10.2. The highest BCUT2D eigenvalue weighted by Crippen LogP contribution is 2.23. The quantitative estimate of drug-likeness (QED) is 0.891. The SMILES string of the molecule is N#Cc1ccc(Cl)c(NCc2cc(C(=O)O)no2)c1. The zero-order chi connectivity index (χ0) is 13.8. The van der Waals surface area contributed by atoms with Crippen molar-refractivity contribution in [3.8, 4) is 6.07 Å². The summed E-state index contributed by atoms with van der Waals surface area (Å²) in [6.07, 6.45) is 0. The molecule has 0 atom stereocenters. The van der Waals surface area contributed by atoms with Crippen LogP contribution in [0.4, 0.5) is 5.69 Å². The van der Waals surface area contributed by atoms with Gasteiger partial charge in [0.15, 0.2) is 11.5 Å². The maximum Gasteiger partial charge on any atom is 0.358 e. The van der Waals surface area contributed by atoms with E-state index in [9.17, 15) is 4.79 Å². The molecule has 0 radical (unpaired) electrons. The molecule has 0 bridgehead atoms. The van der Waals surface area contributed by atoms with E-state index in [1.807, 2.05) is 6.07 Å². The van der Waals surface area contributed by atoms with Crippen molar-refractivity contribution in [1.82, 2.24) is 5.16 Å². The lowest BCUT2D eigenvalue weighted by molar-refractivity contribution is 0.0685. The van der Waals surface area contributed by atoms with E-state index in [1.165, 1.54) is 6.07 Å². The average Bonchev–Trinajstić information content (AvgIpc) is 2.87. The smallest absolute Gasteiger partial charge is 0.358 e. The second-order valence-electron chi connectivity index (χ2n) is 3.64. The number of anilines is 1. The molecule has 19 heavy (non-hydrogen) atoms. The number of halogens is 1. The summed E-state index contributed by atoms with van der Waals surface area (Å²) in [4.78, 5) is 10.6. The van der Waals surface area contributed by atoms with Gasteiger partial charge >= 0.3 is 5.97 Å². The summed E-state index contributed by atoms with van der Waals surface area (Å²) in [6.45, 7) is 0.217. The fraction of sp³-hybridized carbons (Fsp3) is 0.0833. The molecule has 1 aromatic heterocycles. The second kappa shape index (κ2) is 5.42.